The highest BCUT2D eigenvalue weighted by Gasteiger charge is 2.26. The number of nitrogens with zero attached hydrogens (tertiary/aromatic N) is 2. The van der Waals surface area contributed by atoms with Gasteiger partial charge in [-0.1, -0.05) is 18.2 Å². The fourth-order valence-electron chi connectivity index (χ4n) is 4.91. The van der Waals surface area contributed by atoms with Crippen LogP contribution in [0.25, 0.3) is 55.8 Å². The van der Waals surface area contributed by atoms with Crippen LogP contribution in [0.1, 0.15) is 10.4 Å². The first-order chi connectivity index (χ1) is 20.0. The highest BCUT2D eigenvalue weighted by atomic mass is 32.2. The van der Waals surface area contributed by atoms with Crippen molar-refractivity contribution in [1.82, 2.24) is 15.3 Å². The number of furan rings is 1. The van der Waals surface area contributed by atoms with Gasteiger partial charge in [-0.25, -0.2) is 22.2 Å². The zero-order valence-corrected chi connectivity index (χ0v) is 23.5. The second-order valence-corrected chi connectivity index (χ2v) is 11.8. The van der Waals surface area contributed by atoms with Crippen LogP contribution < -0.4 is 9.62 Å². The number of fused-ring (bicyclic) bond motifs is 2. The van der Waals surface area contributed by atoms with Crippen molar-refractivity contribution in [3.63, 3.8) is 0 Å². The van der Waals surface area contributed by atoms with E-state index in [-0.39, 0.29) is 28.2 Å². The predicted molar refractivity (Wildman–Crippen MR) is 159 cm³/mol. The van der Waals surface area contributed by atoms with Gasteiger partial charge in [-0.05, 0) is 60.2 Å². The van der Waals surface area contributed by atoms with E-state index in [1.807, 2.05) is 24.3 Å². The molecule has 6 rings (SSSR count). The number of sulfonamides is 1. The van der Waals surface area contributed by atoms with Gasteiger partial charge in [0.05, 0.1) is 34.1 Å². The highest BCUT2D eigenvalue weighted by molar-refractivity contribution is 7.92. The molecule has 0 saturated heterocycles. The Hall–Kier alpha value is -5.03. The fourth-order valence-corrected chi connectivity index (χ4v) is 5.42. The van der Waals surface area contributed by atoms with Gasteiger partial charge in [0, 0.05) is 36.7 Å². The maximum absolute atomic E-state index is 15.2. The van der Waals surface area contributed by atoms with E-state index in [4.69, 9.17) is 4.42 Å². The largest absolute Gasteiger partial charge is 0.455 e. The first-order valence-corrected chi connectivity index (χ1v) is 14.7. The number of para-hydroxylation sites is 2. The van der Waals surface area contributed by atoms with E-state index >= 15 is 4.39 Å². The summed E-state index contributed by atoms with van der Waals surface area (Å²) >= 11 is 0. The van der Waals surface area contributed by atoms with E-state index in [1.54, 1.807) is 12.1 Å². The molecule has 1 amide bonds. The van der Waals surface area contributed by atoms with E-state index < -0.39 is 27.6 Å². The number of carbonyl (C=O) groups is 1. The minimum absolute atomic E-state index is 0.183. The molecular formula is C31H24F2N4O4S. The summed E-state index contributed by atoms with van der Waals surface area (Å²) in [5.74, 6) is -0.929. The summed E-state index contributed by atoms with van der Waals surface area (Å²) in [7, 11) is -0.876. The minimum atomic E-state index is -3.75. The summed E-state index contributed by atoms with van der Waals surface area (Å²) in [6.07, 6.45) is 1.06. The Morgan fingerprint density at radius 3 is 2.36 bits per heavy atom. The van der Waals surface area contributed by atoms with Crippen molar-refractivity contribution in [2.45, 2.75) is 0 Å². The van der Waals surface area contributed by atoms with Crippen LogP contribution in [0.15, 0.2) is 83.3 Å². The highest BCUT2D eigenvalue weighted by Crippen LogP contribution is 2.42. The van der Waals surface area contributed by atoms with Gasteiger partial charge in [0.1, 0.15) is 28.8 Å². The smallest absolute Gasteiger partial charge is 0.255 e. The first-order valence-electron chi connectivity index (χ1n) is 12.8. The van der Waals surface area contributed by atoms with Crippen LogP contribution in [0.2, 0.25) is 0 Å². The minimum Gasteiger partial charge on any atom is -0.455 e. The zero-order chi connectivity index (χ0) is 29.8. The number of carbonyl (C=O) groups excluding carboxylic acids is 1. The summed E-state index contributed by atoms with van der Waals surface area (Å²) in [4.78, 5) is 20.8. The van der Waals surface area contributed by atoms with Crippen molar-refractivity contribution in [3.05, 3.63) is 96.1 Å². The Labute approximate surface area is 239 Å². The van der Waals surface area contributed by atoms with Gasteiger partial charge < -0.3 is 14.7 Å². The molecule has 0 aliphatic rings. The van der Waals surface area contributed by atoms with Crippen molar-refractivity contribution in [3.8, 4) is 33.8 Å². The summed E-state index contributed by atoms with van der Waals surface area (Å²) in [6, 6.07) is 20.4. The summed E-state index contributed by atoms with van der Waals surface area (Å²) < 4.78 is 61.4. The molecule has 0 radical (unpaired) electrons. The number of imidazole rings is 1. The second kappa shape index (κ2) is 10.1. The maximum Gasteiger partial charge on any atom is 0.255 e. The SMILES string of the molecule is CNC(=O)c1c(-c2ccc(F)cc2)oc2cc(N(C)S(C)(=O)=O)c(-c3ccc(F)c(-c4nc5ccccc5[nH]4)c3)cc12. The van der Waals surface area contributed by atoms with Gasteiger partial charge in [-0.2, -0.15) is 0 Å². The number of rotatable bonds is 6. The fraction of sp³-hybridized carbons (Fsp3) is 0.0968. The molecule has 0 bridgehead atoms. The number of benzene rings is 4. The Morgan fingerprint density at radius 1 is 0.952 bits per heavy atom. The summed E-state index contributed by atoms with van der Waals surface area (Å²) in [5, 5.41) is 3.00. The topological polar surface area (TPSA) is 108 Å². The van der Waals surface area contributed by atoms with Crippen molar-refractivity contribution in [2.24, 2.45) is 0 Å². The van der Waals surface area contributed by atoms with Gasteiger partial charge in [0.25, 0.3) is 5.91 Å². The third-order valence-electron chi connectivity index (χ3n) is 7.13. The molecule has 6 aromatic rings. The normalized spacial score (nSPS) is 11.7. The number of halogens is 2. The number of nitrogens with one attached hydrogen (secondary N) is 2. The average Bonchev–Trinajstić information content (AvgIpc) is 3.57. The van der Waals surface area contributed by atoms with Crippen molar-refractivity contribution in [2.75, 3.05) is 24.7 Å². The van der Waals surface area contributed by atoms with Crippen LogP contribution >= 0.6 is 0 Å². The molecule has 0 saturated carbocycles. The van der Waals surface area contributed by atoms with Gasteiger partial charge in [0.2, 0.25) is 10.0 Å². The predicted octanol–water partition coefficient (Wildman–Crippen LogP) is 6.34. The number of hydrogen-bond donors (Lipinski definition) is 2. The van der Waals surface area contributed by atoms with Gasteiger partial charge >= 0.3 is 0 Å². The van der Waals surface area contributed by atoms with Crippen LogP contribution in [0.3, 0.4) is 0 Å². The molecule has 212 valence electrons. The standard InChI is InChI=1S/C31H24F2N4O4S/c1-34-31(38)28-22-15-20(18-10-13-23(33)21(14-18)30-35-24-6-4-5-7-25(24)36-30)26(37(2)42(3,39)40)16-27(22)41-29(28)17-8-11-19(32)12-9-17/h4-16H,1-3H3,(H,34,38)(H,35,36). The number of amides is 1. The molecule has 2 aromatic heterocycles. The van der Waals surface area contributed by atoms with Gasteiger partial charge in [-0.15, -0.1) is 0 Å². The summed E-state index contributed by atoms with van der Waals surface area (Å²) in [6.45, 7) is 0. The molecule has 4 aromatic carbocycles. The molecular weight excluding hydrogens is 562 g/mol. The third kappa shape index (κ3) is 4.67. The zero-order valence-electron chi connectivity index (χ0n) is 22.7. The van der Waals surface area contributed by atoms with Crippen LogP contribution in [0, 0.1) is 11.6 Å². The first kappa shape index (κ1) is 27.2. The molecule has 0 aliphatic carbocycles. The summed E-state index contributed by atoms with van der Waals surface area (Å²) in [5.41, 5.74) is 3.60. The Kier molecular flexibility index (Phi) is 6.53. The Balaban J connectivity index is 1.63. The molecule has 2 heterocycles. The molecule has 11 heteroatoms. The number of aromatic amines is 1. The monoisotopic (exact) mass is 586 g/mol. The number of aromatic nitrogens is 2. The van der Waals surface area contributed by atoms with Crippen molar-refractivity contribution < 1.29 is 26.4 Å². The molecule has 0 fully saturated rings. The van der Waals surface area contributed by atoms with E-state index in [1.165, 1.54) is 56.6 Å². The molecule has 0 atom stereocenters. The molecule has 0 spiro atoms. The maximum atomic E-state index is 15.2. The van der Waals surface area contributed by atoms with E-state index in [0.29, 0.717) is 33.4 Å². The lowest BCUT2D eigenvalue weighted by Crippen LogP contribution is -2.25. The van der Waals surface area contributed by atoms with Crippen molar-refractivity contribution in [1.29, 1.82) is 0 Å². The average molecular weight is 587 g/mol. The molecule has 0 aliphatic heterocycles. The van der Waals surface area contributed by atoms with Crippen molar-refractivity contribution >= 4 is 43.6 Å². The Morgan fingerprint density at radius 2 is 1.67 bits per heavy atom. The third-order valence-corrected chi connectivity index (χ3v) is 8.32. The number of hydrogen-bond acceptors (Lipinski definition) is 5. The van der Waals surface area contributed by atoms with E-state index in [2.05, 4.69) is 15.3 Å². The Bertz CT molecular complexity index is 2090. The lowest BCUT2D eigenvalue weighted by molar-refractivity contribution is 0.0964. The molecule has 2 N–H and O–H groups in total. The molecule has 8 nitrogen and oxygen atoms in total. The van der Waals surface area contributed by atoms with Crippen LogP contribution in [0.5, 0.6) is 0 Å². The van der Waals surface area contributed by atoms with Crippen LogP contribution in [0.4, 0.5) is 14.5 Å². The van der Waals surface area contributed by atoms with E-state index in [0.717, 1.165) is 16.1 Å². The lowest BCUT2D eigenvalue weighted by Gasteiger charge is -2.21. The second-order valence-electron chi connectivity index (χ2n) is 9.79. The molecule has 42 heavy (non-hydrogen) atoms. The van der Waals surface area contributed by atoms with Crippen LogP contribution in [-0.4, -0.2) is 44.6 Å². The van der Waals surface area contributed by atoms with Crippen LogP contribution in [-0.2, 0) is 10.0 Å². The number of anilines is 1. The number of H-pyrrole nitrogens is 1. The van der Waals surface area contributed by atoms with Gasteiger partial charge in [0.15, 0.2) is 0 Å². The van der Waals surface area contributed by atoms with Gasteiger partial charge in [-0.3, -0.25) is 9.10 Å². The molecule has 0 unspecified atom stereocenters. The van der Waals surface area contributed by atoms with E-state index in [9.17, 15) is 17.6 Å². The quantitative estimate of drug-likeness (QED) is 0.237. The lowest BCUT2D eigenvalue weighted by atomic mass is 9.97.